The van der Waals surface area contributed by atoms with Crippen molar-refractivity contribution < 1.29 is 23.7 Å². The van der Waals surface area contributed by atoms with E-state index in [9.17, 15) is 4.79 Å². The lowest BCUT2D eigenvalue weighted by Gasteiger charge is -2.26. The number of amides is 1. The fraction of sp³-hybridized carbons (Fsp3) is 0.346. The van der Waals surface area contributed by atoms with E-state index in [2.05, 4.69) is 30.9 Å². The van der Waals surface area contributed by atoms with Crippen LogP contribution in [0.1, 0.15) is 29.4 Å². The number of carbonyl (C=O) groups is 1. The third kappa shape index (κ3) is 4.90. The lowest BCUT2D eigenvalue weighted by atomic mass is 10.1. The van der Waals surface area contributed by atoms with Crippen molar-refractivity contribution in [3.63, 3.8) is 0 Å². The van der Waals surface area contributed by atoms with Crippen LogP contribution in [0.5, 0.6) is 28.9 Å². The largest absolute Gasteiger partial charge is 0.493 e. The van der Waals surface area contributed by atoms with Crippen LogP contribution in [0.25, 0.3) is 10.9 Å². The van der Waals surface area contributed by atoms with Crippen molar-refractivity contribution >= 4 is 22.6 Å². The fourth-order valence-electron chi connectivity index (χ4n) is 4.10. The van der Waals surface area contributed by atoms with Gasteiger partial charge in [0.05, 0.1) is 38.6 Å². The number of nitrogens with zero attached hydrogens (tertiary/aromatic N) is 5. The smallest absolute Gasteiger partial charge is 0.281 e. The van der Waals surface area contributed by atoms with Gasteiger partial charge >= 0.3 is 0 Å². The number of ether oxygens (including phenoxy) is 4. The van der Waals surface area contributed by atoms with E-state index in [1.54, 1.807) is 50.7 Å². The SMILES string of the molecule is COc1cc2nccc(Oc3ccc(NC(=O)c4nn(C5CC5)cc4OCC4CNC4)nn3)c2cc1OC. The van der Waals surface area contributed by atoms with E-state index in [1.807, 2.05) is 10.9 Å². The molecule has 4 heterocycles. The van der Waals surface area contributed by atoms with E-state index in [4.69, 9.17) is 18.9 Å². The Morgan fingerprint density at radius 3 is 2.55 bits per heavy atom. The summed E-state index contributed by atoms with van der Waals surface area (Å²) in [6, 6.07) is 8.86. The summed E-state index contributed by atoms with van der Waals surface area (Å²) in [5.41, 5.74) is 0.910. The van der Waals surface area contributed by atoms with E-state index < -0.39 is 5.91 Å². The van der Waals surface area contributed by atoms with E-state index in [1.165, 1.54) is 0 Å². The van der Waals surface area contributed by atoms with Crippen LogP contribution in [0.3, 0.4) is 0 Å². The summed E-state index contributed by atoms with van der Waals surface area (Å²) in [6.45, 7) is 2.37. The molecule has 0 atom stereocenters. The maximum Gasteiger partial charge on any atom is 0.281 e. The molecule has 12 heteroatoms. The first-order valence-electron chi connectivity index (χ1n) is 12.4. The number of carbonyl (C=O) groups excluding carboxylic acids is 1. The molecule has 2 aliphatic rings. The van der Waals surface area contributed by atoms with Gasteiger partial charge in [0.15, 0.2) is 28.8 Å². The van der Waals surface area contributed by atoms with Gasteiger partial charge in [-0.3, -0.25) is 14.5 Å². The minimum Gasteiger partial charge on any atom is -0.493 e. The topological polar surface area (TPSA) is 135 Å². The van der Waals surface area contributed by atoms with Crippen LogP contribution in [-0.4, -0.2) is 64.8 Å². The van der Waals surface area contributed by atoms with Gasteiger partial charge in [-0.15, -0.1) is 10.2 Å². The molecule has 1 aliphatic carbocycles. The minimum absolute atomic E-state index is 0.235. The van der Waals surface area contributed by atoms with E-state index in [-0.39, 0.29) is 17.4 Å². The van der Waals surface area contributed by atoms with Gasteiger partial charge in [0.25, 0.3) is 5.91 Å². The number of anilines is 1. The molecular weight excluding hydrogens is 490 g/mol. The summed E-state index contributed by atoms with van der Waals surface area (Å²) >= 11 is 0. The maximum absolute atomic E-state index is 13.0. The third-order valence-electron chi connectivity index (χ3n) is 6.48. The molecule has 196 valence electrons. The molecule has 4 aromatic rings. The average Bonchev–Trinajstić information content (AvgIpc) is 3.67. The maximum atomic E-state index is 13.0. The van der Waals surface area contributed by atoms with Crippen LogP contribution in [-0.2, 0) is 0 Å². The fourth-order valence-corrected chi connectivity index (χ4v) is 4.10. The number of hydrogen-bond acceptors (Lipinski definition) is 10. The number of benzene rings is 1. The Morgan fingerprint density at radius 1 is 1.05 bits per heavy atom. The first kappa shape index (κ1) is 23.9. The van der Waals surface area contributed by atoms with Crippen molar-refractivity contribution in [2.45, 2.75) is 18.9 Å². The van der Waals surface area contributed by atoms with Gasteiger partial charge in [0, 0.05) is 42.7 Å². The van der Waals surface area contributed by atoms with Gasteiger partial charge in [-0.25, -0.2) is 0 Å². The van der Waals surface area contributed by atoms with Gasteiger partial charge in [-0.1, -0.05) is 0 Å². The molecule has 12 nitrogen and oxygen atoms in total. The van der Waals surface area contributed by atoms with Crippen molar-refractivity contribution in [3.05, 3.63) is 48.4 Å². The number of rotatable bonds is 10. The zero-order chi connectivity index (χ0) is 26.1. The molecule has 1 saturated carbocycles. The normalized spacial score (nSPS) is 15.1. The van der Waals surface area contributed by atoms with E-state index >= 15 is 0 Å². The molecule has 38 heavy (non-hydrogen) atoms. The van der Waals surface area contributed by atoms with Gasteiger partial charge < -0.3 is 29.6 Å². The Labute approximate surface area is 218 Å². The number of aromatic nitrogens is 5. The summed E-state index contributed by atoms with van der Waals surface area (Å²) in [6.07, 6.45) is 5.54. The summed E-state index contributed by atoms with van der Waals surface area (Å²) in [4.78, 5) is 17.4. The van der Waals surface area contributed by atoms with Gasteiger partial charge in [0.2, 0.25) is 5.88 Å². The Hall–Kier alpha value is -4.45. The quantitative estimate of drug-likeness (QED) is 0.323. The Balaban J connectivity index is 1.16. The zero-order valence-electron chi connectivity index (χ0n) is 21.0. The number of pyridine rings is 1. The first-order chi connectivity index (χ1) is 18.6. The van der Waals surface area contributed by atoms with Crippen LogP contribution in [0.2, 0.25) is 0 Å². The average molecular weight is 518 g/mol. The highest BCUT2D eigenvalue weighted by Gasteiger charge is 2.29. The van der Waals surface area contributed by atoms with Crippen molar-refractivity contribution in [1.29, 1.82) is 0 Å². The lowest BCUT2D eigenvalue weighted by Crippen LogP contribution is -2.45. The Bertz CT molecular complexity index is 1470. The Kier molecular flexibility index (Phi) is 6.38. The van der Waals surface area contributed by atoms with Crippen LogP contribution >= 0.6 is 0 Å². The molecule has 3 aromatic heterocycles. The molecule has 1 aromatic carbocycles. The van der Waals surface area contributed by atoms with Crippen molar-refractivity contribution in [2.24, 2.45) is 5.92 Å². The minimum atomic E-state index is -0.407. The van der Waals surface area contributed by atoms with E-state index in [0.717, 1.165) is 31.3 Å². The molecular formula is C26H27N7O5. The highest BCUT2D eigenvalue weighted by molar-refractivity contribution is 6.04. The van der Waals surface area contributed by atoms with Gasteiger partial charge in [-0.2, -0.15) is 5.10 Å². The van der Waals surface area contributed by atoms with Crippen LogP contribution in [0.4, 0.5) is 5.82 Å². The highest BCUT2D eigenvalue weighted by atomic mass is 16.5. The van der Waals surface area contributed by atoms with Crippen molar-refractivity contribution in [3.8, 4) is 28.9 Å². The van der Waals surface area contributed by atoms with Crippen LogP contribution in [0, 0.1) is 5.92 Å². The summed E-state index contributed by atoms with van der Waals surface area (Å²) < 4.78 is 24.5. The summed E-state index contributed by atoms with van der Waals surface area (Å²) in [5.74, 6) is 2.68. The second kappa shape index (κ2) is 10.1. The molecule has 0 spiro atoms. The second-order valence-electron chi connectivity index (χ2n) is 9.23. The van der Waals surface area contributed by atoms with Crippen molar-refractivity contribution in [1.82, 2.24) is 30.3 Å². The monoisotopic (exact) mass is 517 g/mol. The molecule has 0 unspecified atom stereocenters. The number of nitrogens with one attached hydrogen (secondary N) is 2. The first-order valence-corrected chi connectivity index (χ1v) is 12.4. The van der Waals surface area contributed by atoms with Crippen molar-refractivity contribution in [2.75, 3.05) is 39.2 Å². The molecule has 0 radical (unpaired) electrons. The molecule has 1 aliphatic heterocycles. The molecule has 2 fully saturated rings. The third-order valence-corrected chi connectivity index (χ3v) is 6.48. The second-order valence-corrected chi connectivity index (χ2v) is 9.23. The van der Waals surface area contributed by atoms with Gasteiger partial charge in [0.1, 0.15) is 5.75 Å². The summed E-state index contributed by atoms with van der Waals surface area (Å²) in [7, 11) is 3.13. The Morgan fingerprint density at radius 2 is 1.87 bits per heavy atom. The van der Waals surface area contributed by atoms with E-state index in [0.29, 0.717) is 47.1 Å². The lowest BCUT2D eigenvalue weighted by molar-refractivity contribution is 0.101. The van der Waals surface area contributed by atoms with Crippen LogP contribution < -0.4 is 29.6 Å². The summed E-state index contributed by atoms with van der Waals surface area (Å²) in [5, 5.41) is 19.4. The molecule has 6 rings (SSSR count). The molecule has 1 saturated heterocycles. The zero-order valence-corrected chi connectivity index (χ0v) is 21.0. The molecule has 2 N–H and O–H groups in total. The predicted molar refractivity (Wildman–Crippen MR) is 137 cm³/mol. The molecule has 1 amide bonds. The number of methoxy groups -OCH3 is 2. The standard InChI is InChI=1S/C26H27N7O5/c1-35-20-9-17-18(10-21(20)36-2)28-8-7-19(17)38-24-6-5-23(30-31-24)29-26(34)25-22(37-14-15-11-27-12-15)13-33(32-25)16-3-4-16/h5-10,13,15-16,27H,3-4,11-12,14H2,1-2H3,(H,29,30,34). The number of hydrogen-bond donors (Lipinski definition) is 2. The molecule has 0 bridgehead atoms. The predicted octanol–water partition coefficient (Wildman–Crippen LogP) is 3.22. The van der Waals surface area contributed by atoms with Crippen LogP contribution in [0.15, 0.2) is 42.7 Å². The number of fused-ring (bicyclic) bond motifs is 1. The van der Waals surface area contributed by atoms with Gasteiger partial charge in [-0.05, 0) is 31.0 Å². The highest BCUT2D eigenvalue weighted by Crippen LogP contribution is 2.37.